The molecule has 0 radical (unpaired) electrons. The smallest absolute Gasteiger partial charge is 0.0457 e. The first-order valence-corrected chi connectivity index (χ1v) is 7.82. The van der Waals surface area contributed by atoms with Gasteiger partial charge in [0, 0.05) is 28.8 Å². The lowest BCUT2D eigenvalue weighted by Crippen LogP contribution is -2.52. The topological polar surface area (TPSA) is 15.3 Å². The molecule has 2 nitrogen and oxygen atoms in total. The average molecular weight is 279 g/mol. The van der Waals surface area contributed by atoms with Crippen molar-refractivity contribution in [2.75, 3.05) is 18.9 Å². The van der Waals surface area contributed by atoms with E-state index in [0.29, 0.717) is 11.6 Å². The molecule has 1 unspecified atom stereocenters. The zero-order chi connectivity index (χ0) is 13.3. The maximum absolute atomic E-state index is 6.09. The number of benzene rings is 1. The lowest BCUT2D eigenvalue weighted by atomic mass is 9.77. The predicted molar refractivity (Wildman–Crippen MR) is 81.9 cm³/mol. The van der Waals surface area contributed by atoms with Crippen molar-refractivity contribution in [2.45, 2.75) is 50.1 Å². The molecule has 1 aliphatic heterocycles. The van der Waals surface area contributed by atoms with Crippen molar-refractivity contribution in [1.29, 1.82) is 0 Å². The van der Waals surface area contributed by atoms with Gasteiger partial charge in [-0.2, -0.15) is 0 Å². The molecule has 0 aromatic heterocycles. The average Bonchev–Trinajstić information content (AvgIpc) is 2.69. The molecule has 1 atom stereocenters. The molecule has 1 N–H and O–H groups in total. The molecule has 0 bridgehead atoms. The van der Waals surface area contributed by atoms with Crippen molar-refractivity contribution in [1.82, 2.24) is 4.90 Å². The summed E-state index contributed by atoms with van der Waals surface area (Å²) >= 11 is 6.09. The van der Waals surface area contributed by atoms with Crippen LogP contribution >= 0.6 is 11.6 Å². The van der Waals surface area contributed by atoms with E-state index >= 15 is 0 Å². The Bertz CT molecular complexity index is 440. The molecule has 3 heteroatoms. The zero-order valence-corrected chi connectivity index (χ0v) is 12.4. The second-order valence-electron chi connectivity index (χ2n) is 6.08. The van der Waals surface area contributed by atoms with Crippen molar-refractivity contribution in [2.24, 2.45) is 0 Å². The Balaban J connectivity index is 1.79. The van der Waals surface area contributed by atoms with Gasteiger partial charge in [-0.1, -0.05) is 36.9 Å². The Morgan fingerprint density at radius 2 is 2.05 bits per heavy atom. The molecule has 104 valence electrons. The quantitative estimate of drug-likeness (QED) is 0.874. The SMILES string of the molecule is CN1CCC(Nc2cccc(Cl)c2)C12CCCCC2. The molecule has 1 aromatic rings. The van der Waals surface area contributed by atoms with Crippen molar-refractivity contribution in [3.8, 4) is 0 Å². The van der Waals surface area contributed by atoms with Gasteiger partial charge in [0.1, 0.15) is 0 Å². The first-order valence-electron chi connectivity index (χ1n) is 7.44. The molecule has 1 spiro atoms. The van der Waals surface area contributed by atoms with E-state index in [1.807, 2.05) is 18.2 Å². The Morgan fingerprint density at radius 1 is 1.26 bits per heavy atom. The summed E-state index contributed by atoms with van der Waals surface area (Å²) in [7, 11) is 2.30. The molecule has 19 heavy (non-hydrogen) atoms. The number of hydrogen-bond acceptors (Lipinski definition) is 2. The lowest BCUT2D eigenvalue weighted by molar-refractivity contribution is 0.112. The monoisotopic (exact) mass is 278 g/mol. The number of hydrogen-bond donors (Lipinski definition) is 1. The minimum absolute atomic E-state index is 0.376. The number of likely N-dealkylation sites (tertiary alicyclic amines) is 1. The largest absolute Gasteiger partial charge is 0.380 e. The number of nitrogens with zero attached hydrogens (tertiary/aromatic N) is 1. The predicted octanol–water partition coefficient (Wildman–Crippen LogP) is 4.16. The fraction of sp³-hybridized carbons (Fsp3) is 0.625. The zero-order valence-electron chi connectivity index (χ0n) is 11.7. The van der Waals surface area contributed by atoms with Crippen LogP contribution in [0.1, 0.15) is 38.5 Å². The molecule has 2 aliphatic rings. The van der Waals surface area contributed by atoms with E-state index in [0.717, 1.165) is 10.7 Å². The Hall–Kier alpha value is -0.730. The van der Waals surface area contributed by atoms with E-state index in [-0.39, 0.29) is 0 Å². The van der Waals surface area contributed by atoms with Gasteiger partial charge < -0.3 is 5.32 Å². The highest BCUT2D eigenvalue weighted by Crippen LogP contribution is 2.42. The highest BCUT2D eigenvalue weighted by molar-refractivity contribution is 6.30. The van der Waals surface area contributed by atoms with Gasteiger partial charge in [-0.15, -0.1) is 0 Å². The van der Waals surface area contributed by atoms with Crippen LogP contribution in [0.5, 0.6) is 0 Å². The summed E-state index contributed by atoms with van der Waals surface area (Å²) in [6.07, 6.45) is 8.06. The standard InChI is InChI=1S/C16H23ClN2/c1-19-11-8-15(16(19)9-3-2-4-10-16)18-14-7-5-6-13(17)12-14/h5-7,12,15,18H,2-4,8-11H2,1H3. The summed E-state index contributed by atoms with van der Waals surface area (Å²) in [5, 5.41) is 4.56. The minimum atomic E-state index is 0.376. The van der Waals surface area contributed by atoms with Crippen LogP contribution in [0.25, 0.3) is 0 Å². The maximum atomic E-state index is 6.09. The van der Waals surface area contributed by atoms with E-state index in [1.54, 1.807) is 0 Å². The number of nitrogens with one attached hydrogen (secondary N) is 1. The van der Waals surface area contributed by atoms with Gasteiger partial charge in [0.25, 0.3) is 0 Å². The first kappa shape index (κ1) is 13.3. The molecule has 2 fully saturated rings. The summed E-state index contributed by atoms with van der Waals surface area (Å²) in [5.41, 5.74) is 1.54. The number of halogens is 1. The fourth-order valence-electron chi connectivity index (χ4n) is 3.96. The van der Waals surface area contributed by atoms with Crippen LogP contribution in [0.2, 0.25) is 5.02 Å². The summed E-state index contributed by atoms with van der Waals surface area (Å²) in [4.78, 5) is 2.59. The molecule has 1 saturated carbocycles. The van der Waals surface area contributed by atoms with Crippen LogP contribution in [-0.4, -0.2) is 30.1 Å². The van der Waals surface area contributed by atoms with E-state index < -0.39 is 0 Å². The van der Waals surface area contributed by atoms with Crippen LogP contribution in [0.4, 0.5) is 5.69 Å². The second kappa shape index (κ2) is 5.34. The van der Waals surface area contributed by atoms with Gasteiger partial charge in [-0.3, -0.25) is 4.90 Å². The second-order valence-corrected chi connectivity index (χ2v) is 6.52. The molecule has 1 aromatic carbocycles. The van der Waals surface area contributed by atoms with Gasteiger partial charge in [0.15, 0.2) is 0 Å². The fourth-order valence-corrected chi connectivity index (χ4v) is 4.15. The van der Waals surface area contributed by atoms with Crippen molar-refractivity contribution in [3.63, 3.8) is 0 Å². The highest BCUT2D eigenvalue weighted by Gasteiger charge is 2.47. The van der Waals surface area contributed by atoms with E-state index in [2.05, 4.69) is 23.3 Å². The molecule has 1 saturated heterocycles. The van der Waals surface area contributed by atoms with E-state index in [4.69, 9.17) is 11.6 Å². The third-order valence-electron chi connectivity index (χ3n) is 5.05. The highest BCUT2D eigenvalue weighted by atomic mass is 35.5. The number of rotatable bonds is 2. The summed E-state index contributed by atoms with van der Waals surface area (Å²) in [6.45, 7) is 1.21. The summed E-state index contributed by atoms with van der Waals surface area (Å²) in [5.74, 6) is 0. The van der Waals surface area contributed by atoms with Crippen LogP contribution in [-0.2, 0) is 0 Å². The van der Waals surface area contributed by atoms with Crippen LogP contribution in [0, 0.1) is 0 Å². The summed E-state index contributed by atoms with van der Waals surface area (Å²) < 4.78 is 0. The molecule has 1 heterocycles. The first-order chi connectivity index (χ1) is 9.21. The van der Waals surface area contributed by atoms with Crippen LogP contribution in [0.15, 0.2) is 24.3 Å². The molecule has 1 aliphatic carbocycles. The van der Waals surface area contributed by atoms with Gasteiger partial charge in [-0.25, -0.2) is 0 Å². The normalized spacial score (nSPS) is 26.7. The van der Waals surface area contributed by atoms with E-state index in [9.17, 15) is 0 Å². The minimum Gasteiger partial charge on any atom is -0.380 e. The molecular weight excluding hydrogens is 256 g/mol. The maximum Gasteiger partial charge on any atom is 0.0457 e. The lowest BCUT2D eigenvalue weighted by Gasteiger charge is -2.44. The van der Waals surface area contributed by atoms with Crippen molar-refractivity contribution in [3.05, 3.63) is 29.3 Å². The third kappa shape index (κ3) is 2.48. The Morgan fingerprint density at radius 3 is 2.79 bits per heavy atom. The van der Waals surface area contributed by atoms with Crippen LogP contribution < -0.4 is 5.32 Å². The van der Waals surface area contributed by atoms with Crippen molar-refractivity contribution < 1.29 is 0 Å². The van der Waals surface area contributed by atoms with E-state index in [1.165, 1.54) is 45.1 Å². The van der Waals surface area contributed by atoms with Crippen LogP contribution in [0.3, 0.4) is 0 Å². The third-order valence-corrected chi connectivity index (χ3v) is 5.28. The van der Waals surface area contributed by atoms with Gasteiger partial charge in [0.05, 0.1) is 0 Å². The Labute approximate surface area is 121 Å². The molecular formula is C16H23ClN2. The Kier molecular flexibility index (Phi) is 3.72. The molecule has 0 amide bonds. The number of likely N-dealkylation sites (N-methyl/N-ethyl adjacent to an activating group) is 1. The van der Waals surface area contributed by atoms with Crippen molar-refractivity contribution >= 4 is 17.3 Å². The summed E-state index contributed by atoms with van der Waals surface area (Å²) in [6, 6.07) is 8.69. The molecule has 3 rings (SSSR count). The van der Waals surface area contributed by atoms with Gasteiger partial charge in [-0.05, 0) is 44.5 Å². The van der Waals surface area contributed by atoms with Gasteiger partial charge in [0.2, 0.25) is 0 Å². The van der Waals surface area contributed by atoms with Gasteiger partial charge >= 0.3 is 0 Å². The number of anilines is 1.